The van der Waals surface area contributed by atoms with E-state index in [0.29, 0.717) is 0 Å². The largest absolute Gasteiger partial charge is 0.497 e. The fourth-order valence-corrected chi connectivity index (χ4v) is 0.878. The van der Waals surface area contributed by atoms with Crippen molar-refractivity contribution in [2.24, 2.45) is 0 Å². The van der Waals surface area contributed by atoms with Crippen molar-refractivity contribution in [3.63, 3.8) is 0 Å². The molecule has 0 aliphatic carbocycles. The van der Waals surface area contributed by atoms with Gasteiger partial charge in [0.1, 0.15) is 5.75 Å². The van der Waals surface area contributed by atoms with E-state index in [0.717, 1.165) is 11.4 Å². The summed E-state index contributed by atoms with van der Waals surface area (Å²) >= 11 is 0. The summed E-state index contributed by atoms with van der Waals surface area (Å²) in [7, 11) is 1.60. The number of carbonyl (C=O) groups is 1. The monoisotopic (exact) mass is 195 g/mol. The summed E-state index contributed by atoms with van der Waals surface area (Å²) in [6, 6.07) is 7.18. The van der Waals surface area contributed by atoms with Crippen LogP contribution in [0, 0.1) is 0 Å². The fourth-order valence-electron chi connectivity index (χ4n) is 0.878. The van der Waals surface area contributed by atoms with Crippen LogP contribution in [-0.4, -0.2) is 13.0 Å². The number of anilines is 1. The third-order valence-corrected chi connectivity index (χ3v) is 1.41. The molecule has 14 heavy (non-hydrogen) atoms. The summed E-state index contributed by atoms with van der Waals surface area (Å²) in [5.74, 6) is 0.712. The van der Waals surface area contributed by atoms with Crippen molar-refractivity contribution in [3.05, 3.63) is 24.3 Å². The Labute approximate surface area is 85.1 Å². The lowest BCUT2D eigenvalue weighted by Crippen LogP contribution is -2.05. The van der Waals surface area contributed by atoms with Crippen molar-refractivity contribution in [2.45, 2.75) is 20.8 Å². The van der Waals surface area contributed by atoms with Crippen molar-refractivity contribution < 1.29 is 9.53 Å². The topological polar surface area (TPSA) is 38.3 Å². The first-order chi connectivity index (χ1) is 6.72. The molecule has 1 aromatic carbocycles. The summed E-state index contributed by atoms with van der Waals surface area (Å²) in [5, 5.41) is 2.66. The highest BCUT2D eigenvalue weighted by atomic mass is 16.5. The van der Waals surface area contributed by atoms with E-state index in [1.165, 1.54) is 6.92 Å². The van der Waals surface area contributed by atoms with Gasteiger partial charge in [0.25, 0.3) is 0 Å². The van der Waals surface area contributed by atoms with E-state index in [1.807, 2.05) is 13.8 Å². The molecule has 1 amide bonds. The molecule has 0 heterocycles. The van der Waals surface area contributed by atoms with Gasteiger partial charge in [-0.05, 0) is 24.3 Å². The van der Waals surface area contributed by atoms with Crippen LogP contribution in [0.2, 0.25) is 0 Å². The van der Waals surface area contributed by atoms with Crippen molar-refractivity contribution in [1.29, 1.82) is 0 Å². The van der Waals surface area contributed by atoms with Crippen LogP contribution in [0.5, 0.6) is 5.75 Å². The van der Waals surface area contributed by atoms with Crippen LogP contribution in [0.1, 0.15) is 20.8 Å². The van der Waals surface area contributed by atoms with Crippen molar-refractivity contribution in [1.82, 2.24) is 0 Å². The fraction of sp³-hybridized carbons (Fsp3) is 0.364. The van der Waals surface area contributed by atoms with Crippen molar-refractivity contribution >= 4 is 11.6 Å². The van der Waals surface area contributed by atoms with Crippen LogP contribution in [0.15, 0.2) is 24.3 Å². The number of hydrogen-bond donors (Lipinski definition) is 1. The maximum atomic E-state index is 10.6. The molecule has 0 spiro atoms. The second-order valence-electron chi connectivity index (χ2n) is 2.41. The number of benzene rings is 1. The lowest BCUT2D eigenvalue weighted by molar-refractivity contribution is -0.114. The van der Waals surface area contributed by atoms with Crippen molar-refractivity contribution in [2.75, 3.05) is 12.4 Å². The molecule has 0 atom stereocenters. The highest BCUT2D eigenvalue weighted by Gasteiger charge is 1.94. The van der Waals surface area contributed by atoms with Gasteiger partial charge in [-0.1, -0.05) is 13.8 Å². The number of hydrogen-bond acceptors (Lipinski definition) is 2. The average molecular weight is 195 g/mol. The van der Waals surface area contributed by atoms with E-state index in [2.05, 4.69) is 5.32 Å². The van der Waals surface area contributed by atoms with Gasteiger partial charge in [-0.2, -0.15) is 0 Å². The van der Waals surface area contributed by atoms with Gasteiger partial charge < -0.3 is 10.1 Å². The Morgan fingerprint density at radius 3 is 2.07 bits per heavy atom. The molecule has 0 aliphatic heterocycles. The number of carbonyl (C=O) groups excluding carboxylic acids is 1. The normalized spacial score (nSPS) is 8.29. The van der Waals surface area contributed by atoms with E-state index in [4.69, 9.17) is 4.74 Å². The lowest BCUT2D eigenvalue weighted by Gasteiger charge is -2.02. The SMILES string of the molecule is CC.COc1ccc(NC(C)=O)cc1. The van der Waals surface area contributed by atoms with E-state index >= 15 is 0 Å². The molecule has 0 saturated carbocycles. The molecule has 1 rings (SSSR count). The minimum Gasteiger partial charge on any atom is -0.497 e. The summed E-state index contributed by atoms with van der Waals surface area (Å²) in [6.45, 7) is 5.48. The molecule has 0 bridgehead atoms. The molecule has 0 aromatic heterocycles. The molecule has 0 saturated heterocycles. The molecule has 0 radical (unpaired) electrons. The van der Waals surface area contributed by atoms with Gasteiger partial charge in [0, 0.05) is 12.6 Å². The lowest BCUT2D eigenvalue weighted by atomic mass is 10.3. The summed E-state index contributed by atoms with van der Waals surface area (Å²) in [4.78, 5) is 10.6. The number of amides is 1. The molecule has 0 unspecified atom stereocenters. The summed E-state index contributed by atoms with van der Waals surface area (Å²) in [6.07, 6.45) is 0. The Morgan fingerprint density at radius 1 is 1.21 bits per heavy atom. The van der Waals surface area contributed by atoms with Crippen LogP contribution in [-0.2, 0) is 4.79 Å². The van der Waals surface area contributed by atoms with Gasteiger partial charge in [0.15, 0.2) is 0 Å². The number of methoxy groups -OCH3 is 1. The third kappa shape index (κ3) is 4.50. The molecule has 3 heteroatoms. The van der Waals surface area contributed by atoms with Crippen LogP contribution in [0.3, 0.4) is 0 Å². The number of nitrogens with one attached hydrogen (secondary N) is 1. The van der Waals surface area contributed by atoms with E-state index in [1.54, 1.807) is 31.4 Å². The predicted molar refractivity (Wildman–Crippen MR) is 58.6 cm³/mol. The highest BCUT2D eigenvalue weighted by Crippen LogP contribution is 2.14. The molecule has 1 aromatic rings. The first kappa shape index (κ1) is 12.5. The molecule has 1 N–H and O–H groups in total. The van der Waals surface area contributed by atoms with Crippen LogP contribution in [0.25, 0.3) is 0 Å². The third-order valence-electron chi connectivity index (χ3n) is 1.41. The van der Waals surface area contributed by atoms with Crippen molar-refractivity contribution in [3.8, 4) is 5.75 Å². The first-order valence-electron chi connectivity index (χ1n) is 4.64. The summed E-state index contributed by atoms with van der Waals surface area (Å²) < 4.78 is 4.96. The maximum absolute atomic E-state index is 10.6. The Balaban J connectivity index is 0.000000791. The Morgan fingerprint density at radius 2 is 1.71 bits per heavy atom. The predicted octanol–water partition coefficient (Wildman–Crippen LogP) is 2.68. The zero-order valence-electron chi connectivity index (χ0n) is 9.13. The Hall–Kier alpha value is -1.51. The van der Waals surface area contributed by atoms with Gasteiger partial charge in [0.05, 0.1) is 7.11 Å². The van der Waals surface area contributed by atoms with Crippen LogP contribution in [0.4, 0.5) is 5.69 Å². The van der Waals surface area contributed by atoms with Gasteiger partial charge in [0.2, 0.25) is 5.91 Å². The number of rotatable bonds is 2. The van der Waals surface area contributed by atoms with E-state index in [-0.39, 0.29) is 5.91 Å². The molecule has 3 nitrogen and oxygen atoms in total. The zero-order valence-corrected chi connectivity index (χ0v) is 9.13. The second-order valence-corrected chi connectivity index (χ2v) is 2.41. The van der Waals surface area contributed by atoms with Gasteiger partial charge in [-0.3, -0.25) is 4.79 Å². The Kier molecular flexibility index (Phi) is 6.20. The maximum Gasteiger partial charge on any atom is 0.221 e. The molecule has 0 aliphatic rings. The Bertz CT molecular complexity index is 267. The second kappa shape index (κ2) is 6.95. The van der Waals surface area contributed by atoms with E-state index < -0.39 is 0 Å². The van der Waals surface area contributed by atoms with Crippen LogP contribution < -0.4 is 10.1 Å². The minimum atomic E-state index is -0.0693. The molecule has 78 valence electrons. The molecule has 0 fully saturated rings. The quantitative estimate of drug-likeness (QED) is 0.787. The van der Waals surface area contributed by atoms with Gasteiger partial charge >= 0.3 is 0 Å². The van der Waals surface area contributed by atoms with E-state index in [9.17, 15) is 4.79 Å². The molecular weight excluding hydrogens is 178 g/mol. The zero-order chi connectivity index (χ0) is 11.0. The smallest absolute Gasteiger partial charge is 0.221 e. The first-order valence-corrected chi connectivity index (χ1v) is 4.64. The van der Waals surface area contributed by atoms with Crippen LogP contribution >= 0.6 is 0 Å². The highest BCUT2D eigenvalue weighted by molar-refractivity contribution is 5.88. The number of ether oxygens (including phenoxy) is 1. The van der Waals surface area contributed by atoms with Gasteiger partial charge in [-0.15, -0.1) is 0 Å². The molecular formula is C11H17NO2. The standard InChI is InChI=1S/C9H11NO2.C2H6/c1-7(11)10-8-3-5-9(12-2)6-4-8;1-2/h3-6H,1-2H3,(H,10,11);1-2H3. The minimum absolute atomic E-state index is 0.0693. The summed E-state index contributed by atoms with van der Waals surface area (Å²) in [5.41, 5.74) is 0.781. The average Bonchev–Trinajstić information content (AvgIpc) is 2.21. The van der Waals surface area contributed by atoms with Gasteiger partial charge in [-0.25, -0.2) is 0 Å².